The highest BCUT2D eigenvalue weighted by Crippen LogP contribution is 2.31. The van der Waals surface area contributed by atoms with Crippen LogP contribution >= 0.6 is 12.6 Å². The van der Waals surface area contributed by atoms with Gasteiger partial charge in [0.2, 0.25) is 0 Å². The quantitative estimate of drug-likeness (QED) is 0.514. The maximum atomic E-state index is 10.3. The number of benzene rings is 3. The summed E-state index contributed by atoms with van der Waals surface area (Å²) in [5.74, 6) is 1.62. The summed E-state index contributed by atoms with van der Waals surface area (Å²) in [6.45, 7) is 0. The van der Waals surface area contributed by atoms with E-state index >= 15 is 0 Å². The topological polar surface area (TPSA) is 58.9 Å². The van der Waals surface area contributed by atoms with Crippen molar-refractivity contribution in [3.8, 4) is 39.9 Å². The molecule has 0 spiro atoms. The molecule has 0 aliphatic carbocycles. The van der Waals surface area contributed by atoms with Gasteiger partial charge in [-0.25, -0.2) is 15.0 Å². The summed E-state index contributed by atoms with van der Waals surface area (Å²) in [4.78, 5) is 14.5. The first-order valence-corrected chi connectivity index (χ1v) is 8.55. The van der Waals surface area contributed by atoms with E-state index in [1.165, 1.54) is 0 Å². The van der Waals surface area contributed by atoms with Gasteiger partial charge in [0.15, 0.2) is 17.5 Å². The van der Waals surface area contributed by atoms with Crippen molar-refractivity contribution >= 4 is 12.6 Å². The monoisotopic (exact) mass is 357 g/mol. The van der Waals surface area contributed by atoms with Gasteiger partial charge in [0.05, 0.1) is 5.56 Å². The average molecular weight is 357 g/mol. The highest BCUT2D eigenvalue weighted by molar-refractivity contribution is 7.80. The van der Waals surface area contributed by atoms with E-state index in [1.54, 1.807) is 18.2 Å². The lowest BCUT2D eigenvalue weighted by molar-refractivity contribution is 0.475. The molecular formula is C21H15N3OS. The zero-order valence-corrected chi connectivity index (χ0v) is 14.6. The van der Waals surface area contributed by atoms with E-state index in [0.29, 0.717) is 27.9 Å². The molecule has 0 fully saturated rings. The number of hydrogen-bond acceptors (Lipinski definition) is 5. The summed E-state index contributed by atoms with van der Waals surface area (Å²) in [5.41, 5.74) is 2.32. The lowest BCUT2D eigenvalue weighted by Crippen LogP contribution is -2.00. The highest BCUT2D eigenvalue weighted by atomic mass is 32.1. The standard InChI is InChI=1S/C21H15N3OS/c25-18-13-16(26)11-12-17(18)21-23-19(14-7-3-1-4-8-14)22-20(24-21)15-9-5-2-6-10-15/h1-13,25-26H. The van der Waals surface area contributed by atoms with Crippen molar-refractivity contribution in [2.75, 3.05) is 0 Å². The smallest absolute Gasteiger partial charge is 0.167 e. The number of thiol groups is 1. The van der Waals surface area contributed by atoms with Gasteiger partial charge in [-0.1, -0.05) is 60.7 Å². The van der Waals surface area contributed by atoms with E-state index in [9.17, 15) is 5.11 Å². The molecule has 126 valence electrons. The predicted octanol–water partition coefficient (Wildman–Crippen LogP) is 4.87. The lowest BCUT2D eigenvalue weighted by atomic mass is 10.1. The molecular weight excluding hydrogens is 342 g/mol. The first kappa shape index (κ1) is 16.3. The van der Waals surface area contributed by atoms with Gasteiger partial charge in [-0.3, -0.25) is 0 Å². The van der Waals surface area contributed by atoms with Crippen LogP contribution in [0.15, 0.2) is 83.8 Å². The van der Waals surface area contributed by atoms with E-state index in [-0.39, 0.29) is 5.75 Å². The number of aromatic hydroxyl groups is 1. The molecule has 1 heterocycles. The van der Waals surface area contributed by atoms with Crippen molar-refractivity contribution in [2.45, 2.75) is 4.90 Å². The van der Waals surface area contributed by atoms with Crippen molar-refractivity contribution in [2.24, 2.45) is 0 Å². The van der Waals surface area contributed by atoms with Gasteiger partial charge in [0.1, 0.15) is 5.75 Å². The van der Waals surface area contributed by atoms with Crippen LogP contribution in [0, 0.1) is 0 Å². The molecule has 0 saturated carbocycles. The Morgan fingerprint density at radius 3 is 1.62 bits per heavy atom. The van der Waals surface area contributed by atoms with Crippen LogP contribution in [0.1, 0.15) is 0 Å². The highest BCUT2D eigenvalue weighted by Gasteiger charge is 2.14. The van der Waals surface area contributed by atoms with Gasteiger partial charge in [-0.15, -0.1) is 12.6 Å². The summed E-state index contributed by atoms with van der Waals surface area (Å²) in [5, 5.41) is 10.3. The van der Waals surface area contributed by atoms with Gasteiger partial charge in [-0.05, 0) is 18.2 Å². The van der Waals surface area contributed by atoms with Gasteiger partial charge in [-0.2, -0.15) is 0 Å². The average Bonchev–Trinajstić information content (AvgIpc) is 2.69. The fraction of sp³-hybridized carbons (Fsp3) is 0. The second kappa shape index (κ2) is 6.98. The molecule has 4 rings (SSSR count). The van der Waals surface area contributed by atoms with E-state index < -0.39 is 0 Å². The van der Waals surface area contributed by atoms with E-state index in [4.69, 9.17) is 0 Å². The Balaban J connectivity index is 1.94. The fourth-order valence-corrected chi connectivity index (χ4v) is 2.83. The lowest BCUT2D eigenvalue weighted by Gasteiger charge is -2.09. The number of phenolic OH excluding ortho intramolecular Hbond substituents is 1. The fourth-order valence-electron chi connectivity index (χ4n) is 2.64. The van der Waals surface area contributed by atoms with Crippen molar-refractivity contribution in [3.05, 3.63) is 78.9 Å². The second-order valence-electron chi connectivity index (χ2n) is 5.74. The van der Waals surface area contributed by atoms with Gasteiger partial charge in [0.25, 0.3) is 0 Å². The molecule has 3 aromatic carbocycles. The third kappa shape index (κ3) is 3.30. The number of aromatic nitrogens is 3. The summed E-state index contributed by atoms with van der Waals surface area (Å²) in [6, 6.07) is 24.6. The van der Waals surface area contributed by atoms with Crippen LogP contribution in [0.2, 0.25) is 0 Å². The molecule has 1 N–H and O–H groups in total. The van der Waals surface area contributed by atoms with Crippen LogP contribution in [0.4, 0.5) is 0 Å². The Morgan fingerprint density at radius 1 is 0.615 bits per heavy atom. The first-order chi connectivity index (χ1) is 12.7. The van der Waals surface area contributed by atoms with Gasteiger partial charge < -0.3 is 5.11 Å². The third-order valence-corrected chi connectivity index (χ3v) is 4.20. The Kier molecular flexibility index (Phi) is 4.37. The third-order valence-electron chi connectivity index (χ3n) is 3.92. The summed E-state index contributed by atoms with van der Waals surface area (Å²) >= 11 is 4.26. The summed E-state index contributed by atoms with van der Waals surface area (Å²) in [7, 11) is 0. The summed E-state index contributed by atoms with van der Waals surface area (Å²) in [6.07, 6.45) is 0. The summed E-state index contributed by atoms with van der Waals surface area (Å²) < 4.78 is 0. The molecule has 5 heteroatoms. The molecule has 0 radical (unpaired) electrons. The van der Waals surface area contributed by atoms with Crippen LogP contribution in [0.25, 0.3) is 34.2 Å². The van der Waals surface area contributed by atoms with Crippen LogP contribution in [-0.4, -0.2) is 20.1 Å². The van der Waals surface area contributed by atoms with Crippen molar-refractivity contribution in [1.29, 1.82) is 0 Å². The Labute approximate surface area is 156 Å². The molecule has 0 aliphatic heterocycles. The Morgan fingerprint density at radius 2 is 1.12 bits per heavy atom. The van der Waals surface area contributed by atoms with Crippen molar-refractivity contribution < 1.29 is 5.11 Å². The minimum absolute atomic E-state index is 0.0849. The molecule has 4 aromatic rings. The molecule has 0 aliphatic rings. The molecule has 0 bridgehead atoms. The number of phenols is 1. The van der Waals surface area contributed by atoms with Crippen LogP contribution in [0.3, 0.4) is 0 Å². The number of rotatable bonds is 3. The maximum Gasteiger partial charge on any atom is 0.167 e. The van der Waals surface area contributed by atoms with Gasteiger partial charge >= 0.3 is 0 Å². The normalized spacial score (nSPS) is 10.7. The largest absolute Gasteiger partial charge is 0.507 e. The zero-order chi connectivity index (χ0) is 17.9. The predicted molar refractivity (Wildman–Crippen MR) is 105 cm³/mol. The number of hydrogen-bond donors (Lipinski definition) is 2. The Hall–Kier alpha value is -3.18. The van der Waals surface area contributed by atoms with Gasteiger partial charge in [0, 0.05) is 16.0 Å². The van der Waals surface area contributed by atoms with E-state index in [1.807, 2.05) is 60.7 Å². The molecule has 4 nitrogen and oxygen atoms in total. The number of nitrogens with zero attached hydrogens (tertiary/aromatic N) is 3. The zero-order valence-electron chi connectivity index (χ0n) is 13.7. The first-order valence-electron chi connectivity index (χ1n) is 8.10. The molecule has 26 heavy (non-hydrogen) atoms. The molecule has 0 saturated heterocycles. The molecule has 0 amide bonds. The van der Waals surface area contributed by atoms with Crippen molar-refractivity contribution in [1.82, 2.24) is 15.0 Å². The Bertz CT molecular complexity index is 996. The minimum Gasteiger partial charge on any atom is -0.507 e. The van der Waals surface area contributed by atoms with Crippen LogP contribution < -0.4 is 0 Å². The second-order valence-corrected chi connectivity index (χ2v) is 6.26. The van der Waals surface area contributed by atoms with Crippen molar-refractivity contribution in [3.63, 3.8) is 0 Å². The van der Waals surface area contributed by atoms with E-state index in [0.717, 1.165) is 11.1 Å². The van der Waals surface area contributed by atoms with E-state index in [2.05, 4.69) is 27.6 Å². The molecule has 0 unspecified atom stereocenters. The maximum absolute atomic E-state index is 10.3. The van der Waals surface area contributed by atoms with Crippen LogP contribution in [0.5, 0.6) is 5.75 Å². The van der Waals surface area contributed by atoms with Crippen LogP contribution in [-0.2, 0) is 0 Å². The SMILES string of the molecule is Oc1cc(S)ccc1-c1nc(-c2ccccc2)nc(-c2ccccc2)n1. The molecule has 0 atom stereocenters. The minimum atomic E-state index is 0.0849. The molecule has 1 aromatic heterocycles.